The molecule has 2 nitrogen and oxygen atoms in total. The first-order valence-corrected chi connectivity index (χ1v) is 7.17. The molecule has 1 aromatic rings. The van der Waals surface area contributed by atoms with Crippen LogP contribution >= 0.6 is 11.3 Å². The normalized spacial score (nSPS) is 16.2. The van der Waals surface area contributed by atoms with Gasteiger partial charge < -0.3 is 5.32 Å². The van der Waals surface area contributed by atoms with Crippen LogP contribution in [0.25, 0.3) is 0 Å². The van der Waals surface area contributed by atoms with Crippen molar-refractivity contribution in [2.24, 2.45) is 5.41 Å². The lowest BCUT2D eigenvalue weighted by Crippen LogP contribution is -2.45. The Balaban J connectivity index is 2.62. The molecule has 0 saturated heterocycles. The summed E-state index contributed by atoms with van der Waals surface area (Å²) in [5.41, 5.74) is 0.273. The van der Waals surface area contributed by atoms with Crippen molar-refractivity contribution in [2.45, 2.75) is 39.8 Å². The summed E-state index contributed by atoms with van der Waals surface area (Å²) in [5.74, 6) is 0. The number of nitrogens with zero attached hydrogens (tertiary/aromatic N) is 1. The van der Waals surface area contributed by atoms with E-state index in [4.69, 9.17) is 0 Å². The molecule has 1 rings (SSSR count). The van der Waals surface area contributed by atoms with Gasteiger partial charge in [-0.1, -0.05) is 19.9 Å². The molecule has 1 N–H and O–H groups in total. The van der Waals surface area contributed by atoms with Gasteiger partial charge in [0.1, 0.15) is 0 Å². The first-order chi connectivity index (χ1) is 7.88. The van der Waals surface area contributed by atoms with Crippen molar-refractivity contribution in [3.8, 4) is 0 Å². The number of rotatable bonds is 6. The summed E-state index contributed by atoms with van der Waals surface area (Å²) in [6.45, 7) is 10.3. The van der Waals surface area contributed by atoms with Crippen LogP contribution < -0.4 is 5.32 Å². The third-order valence-corrected chi connectivity index (χ3v) is 4.92. The summed E-state index contributed by atoms with van der Waals surface area (Å²) in [6, 6.07) is 5.37. The second-order valence-corrected chi connectivity index (χ2v) is 6.58. The highest BCUT2D eigenvalue weighted by Crippen LogP contribution is 2.28. The number of thiophene rings is 1. The molecule has 17 heavy (non-hydrogen) atoms. The van der Waals surface area contributed by atoms with Crippen LogP contribution in [0.4, 0.5) is 0 Å². The molecule has 0 aromatic carbocycles. The van der Waals surface area contributed by atoms with E-state index in [9.17, 15) is 0 Å². The molecule has 2 unspecified atom stereocenters. The van der Waals surface area contributed by atoms with Crippen LogP contribution in [0.5, 0.6) is 0 Å². The number of nitrogens with one attached hydrogen (secondary N) is 1. The standard InChI is InChI=1S/C14H26N2S/c1-11(13-8-7-9-17-13)16(6)10-14(3,4)12(2)15-5/h7-9,11-12,15H,10H2,1-6H3. The Hall–Kier alpha value is -0.380. The molecule has 0 saturated carbocycles. The summed E-state index contributed by atoms with van der Waals surface area (Å²) < 4.78 is 0. The van der Waals surface area contributed by atoms with E-state index in [1.165, 1.54) is 4.88 Å². The maximum atomic E-state index is 3.36. The van der Waals surface area contributed by atoms with Crippen molar-refractivity contribution in [1.29, 1.82) is 0 Å². The average molecular weight is 254 g/mol. The van der Waals surface area contributed by atoms with E-state index in [0.29, 0.717) is 12.1 Å². The lowest BCUT2D eigenvalue weighted by molar-refractivity contribution is 0.140. The van der Waals surface area contributed by atoms with Gasteiger partial charge in [0.2, 0.25) is 0 Å². The van der Waals surface area contributed by atoms with Crippen LogP contribution in [0.15, 0.2) is 17.5 Å². The van der Waals surface area contributed by atoms with E-state index in [1.807, 2.05) is 18.4 Å². The SMILES string of the molecule is CNC(C)C(C)(C)CN(C)C(C)c1cccs1. The van der Waals surface area contributed by atoms with Gasteiger partial charge in [-0.05, 0) is 44.8 Å². The predicted molar refractivity (Wildman–Crippen MR) is 77.7 cm³/mol. The first kappa shape index (κ1) is 14.7. The highest BCUT2D eigenvalue weighted by molar-refractivity contribution is 7.10. The molecule has 3 heteroatoms. The van der Waals surface area contributed by atoms with Gasteiger partial charge in [0.25, 0.3) is 0 Å². The third-order valence-electron chi connectivity index (χ3n) is 3.88. The van der Waals surface area contributed by atoms with Gasteiger partial charge in [0.05, 0.1) is 0 Å². The minimum Gasteiger partial charge on any atom is -0.317 e. The van der Waals surface area contributed by atoms with Crippen molar-refractivity contribution < 1.29 is 0 Å². The number of hydrogen-bond donors (Lipinski definition) is 1. The smallest absolute Gasteiger partial charge is 0.0410 e. The average Bonchev–Trinajstić information content (AvgIpc) is 2.79. The lowest BCUT2D eigenvalue weighted by atomic mass is 9.84. The summed E-state index contributed by atoms with van der Waals surface area (Å²) >= 11 is 1.84. The molecular weight excluding hydrogens is 228 g/mol. The van der Waals surface area contributed by atoms with Crippen LogP contribution in [0.2, 0.25) is 0 Å². The summed E-state index contributed by atoms with van der Waals surface area (Å²) in [5, 5.41) is 5.51. The maximum absolute atomic E-state index is 3.36. The van der Waals surface area contributed by atoms with Crippen LogP contribution in [-0.4, -0.2) is 31.6 Å². The van der Waals surface area contributed by atoms with Crippen molar-refractivity contribution in [3.05, 3.63) is 22.4 Å². The van der Waals surface area contributed by atoms with Crippen molar-refractivity contribution in [3.63, 3.8) is 0 Å². The monoisotopic (exact) mass is 254 g/mol. The molecule has 0 aliphatic rings. The Morgan fingerprint density at radius 3 is 2.53 bits per heavy atom. The molecule has 0 aliphatic heterocycles. The molecule has 0 bridgehead atoms. The van der Waals surface area contributed by atoms with Gasteiger partial charge in [0, 0.05) is 23.5 Å². The Morgan fingerprint density at radius 1 is 1.41 bits per heavy atom. The van der Waals surface area contributed by atoms with Crippen molar-refractivity contribution in [2.75, 3.05) is 20.6 Å². The van der Waals surface area contributed by atoms with E-state index in [0.717, 1.165) is 6.54 Å². The Bertz CT molecular complexity index is 319. The summed E-state index contributed by atoms with van der Waals surface area (Å²) in [7, 11) is 4.25. The molecule has 0 fully saturated rings. The Morgan fingerprint density at radius 2 is 2.06 bits per heavy atom. The van der Waals surface area contributed by atoms with Gasteiger partial charge in [0.15, 0.2) is 0 Å². The molecule has 0 radical (unpaired) electrons. The van der Waals surface area contributed by atoms with Gasteiger partial charge in [-0.2, -0.15) is 0 Å². The minimum absolute atomic E-state index is 0.273. The molecule has 1 heterocycles. The van der Waals surface area contributed by atoms with Crippen LogP contribution in [0, 0.1) is 5.41 Å². The molecule has 0 spiro atoms. The van der Waals surface area contributed by atoms with Crippen LogP contribution in [-0.2, 0) is 0 Å². The molecule has 2 atom stereocenters. The Kier molecular flexibility index (Phi) is 5.17. The van der Waals surface area contributed by atoms with Crippen LogP contribution in [0.1, 0.15) is 38.6 Å². The zero-order chi connectivity index (χ0) is 13.1. The van der Waals surface area contributed by atoms with Gasteiger partial charge in [-0.3, -0.25) is 4.90 Å². The summed E-state index contributed by atoms with van der Waals surface area (Å²) in [4.78, 5) is 3.89. The second-order valence-electron chi connectivity index (χ2n) is 5.61. The predicted octanol–water partition coefficient (Wildman–Crippen LogP) is 3.38. The highest BCUT2D eigenvalue weighted by atomic mass is 32.1. The molecule has 98 valence electrons. The molecule has 0 aliphatic carbocycles. The van der Waals surface area contributed by atoms with E-state index < -0.39 is 0 Å². The van der Waals surface area contributed by atoms with Crippen molar-refractivity contribution >= 4 is 11.3 Å². The van der Waals surface area contributed by atoms with Gasteiger partial charge in [-0.25, -0.2) is 0 Å². The zero-order valence-corrected chi connectivity index (χ0v) is 12.8. The second kappa shape index (κ2) is 5.98. The Labute approximate surface area is 110 Å². The largest absolute Gasteiger partial charge is 0.317 e. The topological polar surface area (TPSA) is 15.3 Å². The first-order valence-electron chi connectivity index (χ1n) is 6.29. The van der Waals surface area contributed by atoms with E-state index in [2.05, 4.69) is 62.5 Å². The van der Waals surface area contributed by atoms with Gasteiger partial charge >= 0.3 is 0 Å². The highest BCUT2D eigenvalue weighted by Gasteiger charge is 2.28. The zero-order valence-electron chi connectivity index (χ0n) is 11.9. The third kappa shape index (κ3) is 3.80. The van der Waals surface area contributed by atoms with E-state index in [1.54, 1.807) is 0 Å². The quantitative estimate of drug-likeness (QED) is 0.837. The van der Waals surface area contributed by atoms with E-state index >= 15 is 0 Å². The maximum Gasteiger partial charge on any atom is 0.0410 e. The minimum atomic E-state index is 0.273. The molecular formula is C14H26N2S. The molecule has 0 amide bonds. The fourth-order valence-corrected chi connectivity index (χ4v) is 2.90. The van der Waals surface area contributed by atoms with E-state index in [-0.39, 0.29) is 5.41 Å². The summed E-state index contributed by atoms with van der Waals surface area (Å²) in [6.07, 6.45) is 0. The lowest BCUT2D eigenvalue weighted by Gasteiger charge is -2.37. The fourth-order valence-electron chi connectivity index (χ4n) is 2.05. The van der Waals surface area contributed by atoms with Crippen LogP contribution in [0.3, 0.4) is 0 Å². The fraction of sp³-hybridized carbons (Fsp3) is 0.714. The van der Waals surface area contributed by atoms with Gasteiger partial charge in [-0.15, -0.1) is 11.3 Å². The molecule has 1 aromatic heterocycles. The number of hydrogen-bond acceptors (Lipinski definition) is 3. The van der Waals surface area contributed by atoms with Crippen molar-refractivity contribution in [1.82, 2.24) is 10.2 Å².